The van der Waals surface area contributed by atoms with E-state index in [1.807, 2.05) is 18.2 Å². The number of hydrogen-bond donors (Lipinski definition) is 1. The van der Waals surface area contributed by atoms with Gasteiger partial charge in [0.1, 0.15) is 0 Å². The number of likely N-dealkylation sites (N-methyl/N-ethyl adjacent to an activating group) is 1. The summed E-state index contributed by atoms with van der Waals surface area (Å²) in [4.78, 5) is 18.6. The normalized spacial score (nSPS) is 15.3. The van der Waals surface area contributed by atoms with Crippen LogP contribution in [0.25, 0.3) is 10.9 Å². The minimum atomic E-state index is -0.871. The Balaban J connectivity index is 2.30. The highest BCUT2D eigenvalue weighted by atomic mass is 79.9. The van der Waals surface area contributed by atoms with Gasteiger partial charge in [-0.25, -0.2) is 4.79 Å². The van der Waals surface area contributed by atoms with E-state index in [1.165, 1.54) is 0 Å². The second kappa shape index (κ2) is 5.14. The highest BCUT2D eigenvalue weighted by molar-refractivity contribution is 9.10. The third-order valence-electron chi connectivity index (χ3n) is 3.84. The lowest BCUT2D eigenvalue weighted by molar-refractivity contribution is 0.0695. The number of fused-ring (bicyclic) bond motifs is 2. The standard InChI is InChI=1S/C15H15BrN2O2/c1-2-18-6-5-13-11(8-18)14(15(19)20)10-7-9(16)3-4-12(10)17-13/h3-4,7H,2,5-6,8H2,1H3,(H,19,20). The van der Waals surface area contributed by atoms with E-state index in [0.717, 1.165) is 40.8 Å². The summed E-state index contributed by atoms with van der Waals surface area (Å²) in [6.07, 6.45) is 0.815. The monoisotopic (exact) mass is 334 g/mol. The topological polar surface area (TPSA) is 53.4 Å². The van der Waals surface area contributed by atoms with Crippen LogP contribution < -0.4 is 0 Å². The number of carboxylic acids is 1. The molecule has 104 valence electrons. The van der Waals surface area contributed by atoms with Crippen molar-refractivity contribution in [3.05, 3.63) is 39.5 Å². The van der Waals surface area contributed by atoms with Crippen molar-refractivity contribution in [3.63, 3.8) is 0 Å². The molecule has 0 fully saturated rings. The molecule has 2 heterocycles. The Morgan fingerprint density at radius 2 is 2.30 bits per heavy atom. The van der Waals surface area contributed by atoms with Crippen molar-refractivity contribution in [1.82, 2.24) is 9.88 Å². The van der Waals surface area contributed by atoms with E-state index >= 15 is 0 Å². The maximum Gasteiger partial charge on any atom is 0.336 e. The molecule has 0 saturated carbocycles. The van der Waals surface area contributed by atoms with Gasteiger partial charge in [0.05, 0.1) is 11.1 Å². The molecular weight excluding hydrogens is 320 g/mol. The van der Waals surface area contributed by atoms with Crippen molar-refractivity contribution in [2.75, 3.05) is 13.1 Å². The minimum absolute atomic E-state index is 0.407. The number of rotatable bonds is 2. The Morgan fingerprint density at radius 3 is 3.00 bits per heavy atom. The molecule has 0 aliphatic carbocycles. The molecule has 0 bridgehead atoms. The molecular formula is C15H15BrN2O2. The summed E-state index contributed by atoms with van der Waals surface area (Å²) in [5.74, 6) is -0.871. The van der Waals surface area contributed by atoms with Crippen LogP contribution in [-0.2, 0) is 13.0 Å². The number of halogens is 1. The van der Waals surface area contributed by atoms with Crippen LogP contribution in [0.5, 0.6) is 0 Å². The van der Waals surface area contributed by atoms with Crippen LogP contribution in [0.15, 0.2) is 22.7 Å². The van der Waals surface area contributed by atoms with Gasteiger partial charge in [-0.05, 0) is 24.7 Å². The van der Waals surface area contributed by atoms with Crippen LogP contribution in [-0.4, -0.2) is 34.0 Å². The second-order valence-electron chi connectivity index (χ2n) is 5.00. The number of aromatic nitrogens is 1. The zero-order valence-corrected chi connectivity index (χ0v) is 12.8. The lowest BCUT2D eigenvalue weighted by atomic mass is 9.96. The third kappa shape index (κ3) is 2.21. The summed E-state index contributed by atoms with van der Waals surface area (Å²) >= 11 is 3.41. The highest BCUT2D eigenvalue weighted by Crippen LogP contribution is 2.29. The predicted octanol–water partition coefficient (Wildman–Crippen LogP) is 3.07. The average molecular weight is 335 g/mol. The molecule has 0 amide bonds. The van der Waals surface area contributed by atoms with Crippen LogP contribution in [0, 0.1) is 0 Å². The van der Waals surface area contributed by atoms with Crippen LogP contribution in [0.4, 0.5) is 0 Å². The zero-order chi connectivity index (χ0) is 14.3. The van der Waals surface area contributed by atoms with Crippen molar-refractivity contribution < 1.29 is 9.90 Å². The first kappa shape index (κ1) is 13.5. The molecule has 0 radical (unpaired) electrons. The van der Waals surface area contributed by atoms with Crippen LogP contribution >= 0.6 is 15.9 Å². The number of pyridine rings is 1. The van der Waals surface area contributed by atoms with Gasteiger partial charge in [0.25, 0.3) is 0 Å². The summed E-state index contributed by atoms with van der Waals surface area (Å²) in [7, 11) is 0. The molecule has 0 atom stereocenters. The maximum absolute atomic E-state index is 11.7. The second-order valence-corrected chi connectivity index (χ2v) is 5.91. The Kier molecular flexibility index (Phi) is 3.48. The molecule has 1 aromatic carbocycles. The molecule has 0 saturated heterocycles. The fraction of sp³-hybridized carbons (Fsp3) is 0.333. The number of hydrogen-bond acceptors (Lipinski definition) is 3. The van der Waals surface area contributed by atoms with E-state index in [-0.39, 0.29) is 0 Å². The number of aromatic carboxylic acids is 1. The minimum Gasteiger partial charge on any atom is -0.478 e. The SMILES string of the molecule is CCN1CCc2nc3ccc(Br)cc3c(C(=O)O)c2C1. The third-order valence-corrected chi connectivity index (χ3v) is 4.33. The van der Waals surface area contributed by atoms with Crippen molar-refractivity contribution >= 4 is 32.8 Å². The first-order valence-electron chi connectivity index (χ1n) is 6.66. The Hall–Kier alpha value is -1.46. The quantitative estimate of drug-likeness (QED) is 0.916. The van der Waals surface area contributed by atoms with E-state index in [1.54, 1.807) is 0 Å². The molecule has 1 aliphatic rings. The molecule has 20 heavy (non-hydrogen) atoms. The Bertz CT molecular complexity index is 700. The van der Waals surface area contributed by atoms with Gasteiger partial charge in [-0.15, -0.1) is 0 Å². The molecule has 1 N–H and O–H groups in total. The van der Waals surface area contributed by atoms with Gasteiger partial charge in [0, 0.05) is 40.6 Å². The van der Waals surface area contributed by atoms with E-state index in [9.17, 15) is 9.90 Å². The van der Waals surface area contributed by atoms with Crippen molar-refractivity contribution in [3.8, 4) is 0 Å². The molecule has 4 nitrogen and oxygen atoms in total. The summed E-state index contributed by atoms with van der Waals surface area (Å²) < 4.78 is 0.873. The van der Waals surface area contributed by atoms with Crippen LogP contribution in [0.1, 0.15) is 28.5 Å². The fourth-order valence-electron chi connectivity index (χ4n) is 2.78. The van der Waals surface area contributed by atoms with Crippen molar-refractivity contribution in [1.29, 1.82) is 0 Å². The van der Waals surface area contributed by atoms with Gasteiger partial charge in [-0.3, -0.25) is 9.88 Å². The summed E-state index contributed by atoms with van der Waals surface area (Å²) in [5, 5.41) is 10.3. The lowest BCUT2D eigenvalue weighted by Crippen LogP contribution is -2.32. The fourth-order valence-corrected chi connectivity index (χ4v) is 3.14. The smallest absolute Gasteiger partial charge is 0.336 e. The van der Waals surface area contributed by atoms with Gasteiger partial charge in [0.2, 0.25) is 0 Å². The van der Waals surface area contributed by atoms with Gasteiger partial charge < -0.3 is 5.11 Å². The van der Waals surface area contributed by atoms with Gasteiger partial charge >= 0.3 is 5.97 Å². The lowest BCUT2D eigenvalue weighted by Gasteiger charge is -2.28. The van der Waals surface area contributed by atoms with E-state index in [2.05, 4.69) is 32.7 Å². The van der Waals surface area contributed by atoms with Gasteiger partial charge in [-0.2, -0.15) is 0 Å². The molecule has 3 rings (SSSR count). The number of carboxylic acid groups (broad SMARTS) is 1. The summed E-state index contributed by atoms with van der Waals surface area (Å²) in [6.45, 7) is 4.63. The predicted molar refractivity (Wildman–Crippen MR) is 81.1 cm³/mol. The van der Waals surface area contributed by atoms with Gasteiger partial charge in [0.15, 0.2) is 0 Å². The largest absolute Gasteiger partial charge is 0.478 e. The average Bonchev–Trinajstić information content (AvgIpc) is 2.43. The number of carbonyl (C=O) groups is 1. The van der Waals surface area contributed by atoms with Crippen molar-refractivity contribution in [2.45, 2.75) is 19.9 Å². The van der Waals surface area contributed by atoms with Crippen molar-refractivity contribution in [2.24, 2.45) is 0 Å². The van der Waals surface area contributed by atoms with E-state index in [0.29, 0.717) is 17.5 Å². The number of nitrogens with zero attached hydrogens (tertiary/aromatic N) is 2. The molecule has 2 aromatic rings. The summed E-state index contributed by atoms with van der Waals surface area (Å²) in [5.41, 5.74) is 2.97. The first-order chi connectivity index (χ1) is 9.60. The number of benzene rings is 1. The molecule has 1 aliphatic heterocycles. The summed E-state index contributed by atoms with van der Waals surface area (Å²) in [6, 6.07) is 5.61. The van der Waals surface area contributed by atoms with E-state index in [4.69, 9.17) is 0 Å². The maximum atomic E-state index is 11.7. The zero-order valence-electron chi connectivity index (χ0n) is 11.2. The van der Waals surface area contributed by atoms with Crippen LogP contribution in [0.3, 0.4) is 0 Å². The molecule has 1 aromatic heterocycles. The molecule has 0 spiro atoms. The van der Waals surface area contributed by atoms with E-state index < -0.39 is 5.97 Å². The first-order valence-corrected chi connectivity index (χ1v) is 7.46. The van der Waals surface area contributed by atoms with Gasteiger partial charge in [-0.1, -0.05) is 22.9 Å². The van der Waals surface area contributed by atoms with Crippen LogP contribution in [0.2, 0.25) is 0 Å². The Labute approximate surface area is 125 Å². The molecule has 0 unspecified atom stereocenters. The molecule has 5 heteroatoms. The highest BCUT2D eigenvalue weighted by Gasteiger charge is 2.24. The Morgan fingerprint density at radius 1 is 1.50 bits per heavy atom.